The van der Waals surface area contributed by atoms with E-state index in [0.717, 1.165) is 11.1 Å². The van der Waals surface area contributed by atoms with E-state index >= 15 is 0 Å². The second-order valence-electron chi connectivity index (χ2n) is 7.09. The number of hydrogen-bond acceptors (Lipinski definition) is 7. The Bertz CT molecular complexity index is 1130. The second-order valence-corrected chi connectivity index (χ2v) is 7.09. The van der Waals surface area contributed by atoms with E-state index in [2.05, 4.69) is 26.6 Å². The first-order valence-electron chi connectivity index (χ1n) is 9.39. The van der Waals surface area contributed by atoms with Crippen molar-refractivity contribution >= 4 is 16.9 Å². The minimum Gasteiger partial charge on any atom is -0.425 e. The first-order valence-corrected chi connectivity index (χ1v) is 9.39. The summed E-state index contributed by atoms with van der Waals surface area (Å²) in [5.41, 5.74) is 4.64. The van der Waals surface area contributed by atoms with Gasteiger partial charge in [-0.3, -0.25) is 4.79 Å². The summed E-state index contributed by atoms with van der Waals surface area (Å²) in [6, 6.07) is 13.8. The van der Waals surface area contributed by atoms with Crippen molar-refractivity contribution in [3.8, 4) is 0 Å². The van der Waals surface area contributed by atoms with Gasteiger partial charge in [-0.15, -0.1) is 10.2 Å². The van der Waals surface area contributed by atoms with E-state index in [1.54, 1.807) is 11.9 Å². The van der Waals surface area contributed by atoms with Crippen LogP contribution in [0.5, 0.6) is 0 Å². The molecule has 0 spiro atoms. The van der Waals surface area contributed by atoms with E-state index in [1.807, 2.05) is 43.3 Å². The Morgan fingerprint density at radius 1 is 1.00 bits per heavy atom. The van der Waals surface area contributed by atoms with Crippen LogP contribution in [0.15, 0.2) is 51.5 Å². The number of benzene rings is 2. The zero-order valence-electron chi connectivity index (χ0n) is 16.3. The Balaban J connectivity index is 1.30. The second kappa shape index (κ2) is 8.22. The average molecular weight is 391 g/mol. The highest BCUT2D eigenvalue weighted by molar-refractivity contribution is 5.77. The molecule has 0 saturated carbocycles. The van der Waals surface area contributed by atoms with Gasteiger partial charge in [-0.1, -0.05) is 35.9 Å². The number of nitrogens with zero attached hydrogens (tertiary/aromatic N) is 5. The average Bonchev–Trinajstić information content (AvgIpc) is 3.35. The third-order valence-electron chi connectivity index (χ3n) is 4.66. The molecule has 0 aliphatic heterocycles. The number of hydrogen-bond donors (Lipinski definition) is 0. The normalized spacial score (nSPS) is 11.1. The molecule has 1 amide bonds. The van der Waals surface area contributed by atoms with Crippen LogP contribution in [0, 0.1) is 6.92 Å². The SMILES string of the molecule is Cc1cccc(Cc2nnc(CCC(=O)N(C)Cc3ccc4nonc4c3)o2)c1. The lowest BCUT2D eigenvalue weighted by molar-refractivity contribution is -0.130. The summed E-state index contributed by atoms with van der Waals surface area (Å²) >= 11 is 0. The molecule has 2 aromatic heterocycles. The summed E-state index contributed by atoms with van der Waals surface area (Å²) in [7, 11) is 1.77. The standard InChI is InChI=1S/C21H21N5O3/c1-14-4-3-5-15(10-14)12-20-23-22-19(28-20)8-9-21(27)26(2)13-16-6-7-17-18(11-16)25-29-24-17/h3-7,10-11H,8-9,12-13H2,1-2H3. The highest BCUT2D eigenvalue weighted by Crippen LogP contribution is 2.14. The molecule has 0 fully saturated rings. The number of aromatic nitrogens is 4. The summed E-state index contributed by atoms with van der Waals surface area (Å²) < 4.78 is 10.4. The van der Waals surface area contributed by atoms with Gasteiger partial charge in [0, 0.05) is 26.4 Å². The van der Waals surface area contributed by atoms with Gasteiger partial charge < -0.3 is 9.32 Å². The molecule has 0 radical (unpaired) electrons. The summed E-state index contributed by atoms with van der Waals surface area (Å²) in [6.45, 7) is 2.52. The smallest absolute Gasteiger partial charge is 0.223 e. The maximum atomic E-state index is 12.5. The summed E-state index contributed by atoms with van der Waals surface area (Å²) in [6.07, 6.45) is 1.30. The van der Waals surface area contributed by atoms with Crippen LogP contribution in [0.25, 0.3) is 11.0 Å². The number of fused-ring (bicyclic) bond motifs is 1. The van der Waals surface area contributed by atoms with Gasteiger partial charge in [0.1, 0.15) is 11.0 Å². The fraction of sp³-hybridized carbons (Fsp3) is 0.286. The maximum absolute atomic E-state index is 12.5. The zero-order chi connectivity index (χ0) is 20.2. The van der Waals surface area contributed by atoms with Crippen LogP contribution >= 0.6 is 0 Å². The first kappa shape index (κ1) is 18.8. The van der Waals surface area contributed by atoms with Crippen LogP contribution in [0.2, 0.25) is 0 Å². The van der Waals surface area contributed by atoms with Crippen molar-refractivity contribution in [1.82, 2.24) is 25.4 Å². The molecule has 0 aliphatic carbocycles. The molecule has 0 bridgehead atoms. The number of amides is 1. The molecule has 2 aromatic carbocycles. The molecule has 0 saturated heterocycles. The van der Waals surface area contributed by atoms with Gasteiger partial charge >= 0.3 is 0 Å². The fourth-order valence-corrected chi connectivity index (χ4v) is 3.15. The molecular weight excluding hydrogens is 370 g/mol. The third kappa shape index (κ3) is 4.66. The van der Waals surface area contributed by atoms with Crippen molar-refractivity contribution in [2.45, 2.75) is 32.7 Å². The van der Waals surface area contributed by atoms with Crippen LogP contribution in [0.1, 0.15) is 34.9 Å². The minimum atomic E-state index is 0.00167. The van der Waals surface area contributed by atoms with Crippen molar-refractivity contribution in [1.29, 1.82) is 0 Å². The highest BCUT2D eigenvalue weighted by Gasteiger charge is 2.14. The van der Waals surface area contributed by atoms with Gasteiger partial charge in [-0.05, 0) is 40.5 Å². The number of carbonyl (C=O) groups is 1. The Hall–Kier alpha value is -3.55. The molecule has 0 unspecified atom stereocenters. The number of rotatable bonds is 7. The van der Waals surface area contributed by atoms with Crippen molar-refractivity contribution in [3.05, 3.63) is 70.9 Å². The molecular formula is C21H21N5O3. The van der Waals surface area contributed by atoms with Crippen molar-refractivity contribution in [2.24, 2.45) is 0 Å². The van der Waals surface area contributed by atoms with Gasteiger partial charge in [0.25, 0.3) is 0 Å². The molecule has 4 aromatic rings. The van der Waals surface area contributed by atoms with Crippen molar-refractivity contribution < 1.29 is 13.8 Å². The molecule has 4 rings (SSSR count). The van der Waals surface area contributed by atoms with Gasteiger partial charge in [0.2, 0.25) is 17.7 Å². The molecule has 0 atom stereocenters. The van der Waals surface area contributed by atoms with Crippen molar-refractivity contribution in [2.75, 3.05) is 7.05 Å². The Morgan fingerprint density at radius 2 is 1.83 bits per heavy atom. The molecule has 148 valence electrons. The topological polar surface area (TPSA) is 98.2 Å². The summed E-state index contributed by atoms with van der Waals surface area (Å²) in [5, 5.41) is 15.8. The van der Waals surface area contributed by atoms with E-state index in [1.165, 1.54) is 5.56 Å². The van der Waals surface area contributed by atoms with Gasteiger partial charge in [0.05, 0.1) is 6.42 Å². The maximum Gasteiger partial charge on any atom is 0.223 e. The van der Waals surface area contributed by atoms with E-state index < -0.39 is 0 Å². The van der Waals surface area contributed by atoms with Crippen LogP contribution in [-0.2, 0) is 24.2 Å². The molecule has 0 aliphatic rings. The highest BCUT2D eigenvalue weighted by atomic mass is 16.6. The first-order chi connectivity index (χ1) is 14.1. The van der Waals surface area contributed by atoms with Crippen LogP contribution in [0.4, 0.5) is 0 Å². The van der Waals surface area contributed by atoms with Gasteiger partial charge in [-0.2, -0.15) is 0 Å². The Labute approximate surface area is 167 Å². The minimum absolute atomic E-state index is 0.00167. The fourth-order valence-electron chi connectivity index (χ4n) is 3.15. The monoisotopic (exact) mass is 391 g/mol. The van der Waals surface area contributed by atoms with E-state index in [0.29, 0.717) is 48.6 Å². The van der Waals surface area contributed by atoms with Gasteiger partial charge in [-0.25, -0.2) is 4.63 Å². The predicted octanol–water partition coefficient (Wildman–Crippen LogP) is 3.10. The van der Waals surface area contributed by atoms with E-state index in [9.17, 15) is 4.79 Å². The van der Waals surface area contributed by atoms with Crippen LogP contribution in [-0.4, -0.2) is 38.4 Å². The third-order valence-corrected chi connectivity index (χ3v) is 4.66. The van der Waals surface area contributed by atoms with Crippen LogP contribution in [0.3, 0.4) is 0 Å². The predicted molar refractivity (Wildman–Crippen MR) is 105 cm³/mol. The Morgan fingerprint density at radius 3 is 2.69 bits per heavy atom. The summed E-state index contributed by atoms with van der Waals surface area (Å²) in [5.74, 6) is 1.03. The lowest BCUT2D eigenvalue weighted by Gasteiger charge is -2.16. The quantitative estimate of drug-likeness (QED) is 0.477. The van der Waals surface area contributed by atoms with Crippen LogP contribution < -0.4 is 0 Å². The number of carbonyl (C=O) groups excluding carboxylic acids is 1. The molecule has 8 heteroatoms. The number of aryl methyl sites for hydroxylation is 2. The van der Waals surface area contributed by atoms with Crippen molar-refractivity contribution in [3.63, 3.8) is 0 Å². The van der Waals surface area contributed by atoms with Gasteiger partial charge in [0.15, 0.2) is 0 Å². The van der Waals surface area contributed by atoms with E-state index in [-0.39, 0.29) is 5.91 Å². The Kier molecular flexibility index (Phi) is 5.33. The molecule has 29 heavy (non-hydrogen) atoms. The zero-order valence-corrected chi connectivity index (χ0v) is 16.3. The molecule has 0 N–H and O–H groups in total. The molecule has 8 nitrogen and oxygen atoms in total. The summed E-state index contributed by atoms with van der Waals surface area (Å²) in [4.78, 5) is 14.1. The molecule has 2 heterocycles. The lowest BCUT2D eigenvalue weighted by Crippen LogP contribution is -2.26. The largest absolute Gasteiger partial charge is 0.425 e. The van der Waals surface area contributed by atoms with E-state index in [4.69, 9.17) is 9.05 Å². The lowest BCUT2D eigenvalue weighted by atomic mass is 10.1.